The third-order valence-electron chi connectivity index (χ3n) is 7.06. The van der Waals surface area contributed by atoms with Gasteiger partial charge in [-0.15, -0.1) is 11.8 Å². The second kappa shape index (κ2) is 8.83. The quantitative estimate of drug-likeness (QED) is 0.597. The molecule has 0 aliphatic carbocycles. The van der Waals surface area contributed by atoms with Crippen LogP contribution in [-0.4, -0.2) is 55.9 Å². The van der Waals surface area contributed by atoms with Crippen molar-refractivity contribution in [3.63, 3.8) is 0 Å². The molecule has 3 amide bonds. The monoisotopic (exact) mass is 496 g/mol. The van der Waals surface area contributed by atoms with Crippen molar-refractivity contribution in [2.75, 3.05) is 47.0 Å². The number of anilines is 3. The molecule has 8 nitrogen and oxygen atoms in total. The van der Waals surface area contributed by atoms with Gasteiger partial charge in [0.25, 0.3) is 0 Å². The van der Waals surface area contributed by atoms with Crippen LogP contribution in [0, 0.1) is 5.82 Å². The summed E-state index contributed by atoms with van der Waals surface area (Å²) in [4.78, 5) is 40.8. The van der Waals surface area contributed by atoms with Crippen LogP contribution in [0.3, 0.4) is 0 Å². The lowest BCUT2D eigenvalue weighted by molar-refractivity contribution is -0.118. The van der Waals surface area contributed by atoms with Gasteiger partial charge in [-0.3, -0.25) is 14.5 Å². The summed E-state index contributed by atoms with van der Waals surface area (Å²) < 4.78 is 20.2. The Morgan fingerprint density at radius 2 is 2.00 bits per heavy atom. The predicted molar refractivity (Wildman–Crippen MR) is 131 cm³/mol. The first-order chi connectivity index (χ1) is 17.0. The summed E-state index contributed by atoms with van der Waals surface area (Å²) in [7, 11) is 0. The molecule has 182 valence electrons. The van der Waals surface area contributed by atoms with E-state index in [-0.39, 0.29) is 29.7 Å². The van der Waals surface area contributed by atoms with E-state index in [1.165, 1.54) is 17.8 Å². The molecule has 1 fully saturated rings. The number of thioether (sulfide) groups is 1. The average Bonchev–Trinajstić information content (AvgIpc) is 3.42. The van der Waals surface area contributed by atoms with Crippen molar-refractivity contribution in [3.05, 3.63) is 47.3 Å². The molecule has 2 N–H and O–H groups in total. The van der Waals surface area contributed by atoms with Crippen LogP contribution in [0.1, 0.15) is 29.9 Å². The molecule has 10 heteroatoms. The van der Waals surface area contributed by atoms with Crippen LogP contribution in [-0.2, 0) is 20.7 Å². The fourth-order valence-corrected chi connectivity index (χ4v) is 6.18. The van der Waals surface area contributed by atoms with Crippen LogP contribution in [0.25, 0.3) is 0 Å². The van der Waals surface area contributed by atoms with Crippen molar-refractivity contribution in [1.29, 1.82) is 0 Å². The summed E-state index contributed by atoms with van der Waals surface area (Å²) in [5.74, 6) is 0.107. The van der Waals surface area contributed by atoms with Crippen LogP contribution in [0.4, 0.5) is 26.2 Å². The maximum Gasteiger partial charge on any atom is 0.414 e. The standard InChI is InChI=1S/C25H25FN4O4S/c26-18-4-1-14-2-6-22(32)30-11-15(23(18)24(14)30)7-8-27-10-17-12-29(25(33)34-17)16-3-5-20-19(9-16)28-21(31)13-35-20/h1,3-5,9,15,17,27H,2,6-8,10-13H2,(H,28,31)/t15-,17+/m0/s1. The first-order valence-corrected chi connectivity index (χ1v) is 12.8. The Balaban J connectivity index is 1.05. The summed E-state index contributed by atoms with van der Waals surface area (Å²) in [6, 6.07) is 8.88. The van der Waals surface area contributed by atoms with Crippen LogP contribution in [0.15, 0.2) is 35.2 Å². The second-order valence-corrected chi connectivity index (χ2v) is 10.3. The van der Waals surface area contributed by atoms with Crippen molar-refractivity contribution in [2.45, 2.75) is 36.2 Å². The number of rotatable bonds is 6. The summed E-state index contributed by atoms with van der Waals surface area (Å²) in [5, 5.41) is 6.18. The van der Waals surface area contributed by atoms with Crippen molar-refractivity contribution in [1.82, 2.24) is 5.32 Å². The molecule has 0 aromatic heterocycles. The van der Waals surface area contributed by atoms with Crippen LogP contribution < -0.4 is 20.4 Å². The van der Waals surface area contributed by atoms with Crippen LogP contribution in [0.5, 0.6) is 0 Å². The number of hydrogen-bond acceptors (Lipinski definition) is 6. The van der Waals surface area contributed by atoms with Gasteiger partial charge in [-0.05, 0) is 49.2 Å². The molecule has 35 heavy (non-hydrogen) atoms. The minimum absolute atomic E-state index is 0.0503. The Morgan fingerprint density at radius 1 is 1.11 bits per heavy atom. The number of carbonyl (C=O) groups excluding carboxylic acids is 3. The zero-order chi connectivity index (χ0) is 24.1. The first kappa shape index (κ1) is 22.4. The summed E-state index contributed by atoms with van der Waals surface area (Å²) in [5.41, 5.74) is 3.89. The normalized spacial score (nSPS) is 22.7. The molecule has 0 radical (unpaired) electrons. The molecule has 4 aliphatic rings. The van der Waals surface area contributed by atoms with Gasteiger partial charge in [-0.2, -0.15) is 0 Å². The summed E-state index contributed by atoms with van der Waals surface area (Å²) in [6.07, 6.45) is 1.09. The maximum atomic E-state index is 14.7. The summed E-state index contributed by atoms with van der Waals surface area (Å²) >= 11 is 1.47. The molecular formula is C25H25FN4O4S. The number of aryl methyl sites for hydroxylation is 1. The Kier molecular flexibility index (Phi) is 5.64. The fourth-order valence-electron chi connectivity index (χ4n) is 5.40. The molecule has 2 aromatic carbocycles. The van der Waals surface area contributed by atoms with E-state index in [4.69, 9.17) is 4.74 Å². The van der Waals surface area contributed by atoms with E-state index in [1.54, 1.807) is 21.9 Å². The van der Waals surface area contributed by atoms with Gasteiger partial charge in [-0.25, -0.2) is 9.18 Å². The Bertz CT molecular complexity index is 1240. The van der Waals surface area contributed by atoms with Crippen LogP contribution >= 0.6 is 11.8 Å². The van der Waals surface area contributed by atoms with Crippen LogP contribution in [0.2, 0.25) is 0 Å². The molecule has 2 atom stereocenters. The van der Waals surface area contributed by atoms with Crippen molar-refractivity contribution < 1.29 is 23.5 Å². The lowest BCUT2D eigenvalue weighted by atomic mass is 9.93. The SMILES string of the molecule is O=C1CSc2ccc(N3C[C@@H](CNCC[C@H]4CN5C(=O)CCc6ccc(F)c4c65)OC3=O)cc2N1. The van der Waals surface area contributed by atoms with Gasteiger partial charge in [-0.1, -0.05) is 6.07 Å². The van der Waals surface area contributed by atoms with Gasteiger partial charge >= 0.3 is 6.09 Å². The topological polar surface area (TPSA) is 91.0 Å². The van der Waals surface area contributed by atoms with Gasteiger partial charge < -0.3 is 20.3 Å². The van der Waals surface area contributed by atoms with E-state index < -0.39 is 6.09 Å². The highest BCUT2D eigenvalue weighted by atomic mass is 32.2. The highest BCUT2D eigenvalue weighted by molar-refractivity contribution is 8.00. The third kappa shape index (κ3) is 4.04. The number of halogens is 1. The number of hydrogen-bond donors (Lipinski definition) is 2. The maximum absolute atomic E-state index is 14.7. The number of cyclic esters (lactones) is 1. The van der Waals surface area contributed by atoms with Crippen molar-refractivity contribution in [3.8, 4) is 0 Å². The highest BCUT2D eigenvalue weighted by Crippen LogP contribution is 2.44. The van der Waals surface area contributed by atoms with E-state index in [0.29, 0.717) is 68.1 Å². The summed E-state index contributed by atoms with van der Waals surface area (Å²) in [6.45, 7) is 2.01. The zero-order valence-corrected chi connectivity index (χ0v) is 19.8. The van der Waals surface area contributed by atoms with E-state index in [1.807, 2.05) is 12.1 Å². The smallest absolute Gasteiger partial charge is 0.414 e. The number of fused-ring (bicyclic) bond motifs is 1. The molecule has 0 saturated carbocycles. The molecular weight excluding hydrogens is 471 g/mol. The second-order valence-electron chi connectivity index (χ2n) is 9.30. The van der Waals surface area contributed by atoms with Crippen molar-refractivity contribution in [2.24, 2.45) is 0 Å². The molecule has 0 bridgehead atoms. The highest BCUT2D eigenvalue weighted by Gasteiger charge is 2.38. The molecule has 4 heterocycles. The van der Waals surface area contributed by atoms with Gasteiger partial charge in [0, 0.05) is 41.6 Å². The number of amides is 3. The Labute approximate surface area is 206 Å². The predicted octanol–water partition coefficient (Wildman–Crippen LogP) is 3.25. The number of ether oxygens (including phenoxy) is 1. The number of nitrogens with zero attached hydrogens (tertiary/aromatic N) is 2. The first-order valence-electron chi connectivity index (χ1n) is 11.8. The molecule has 0 spiro atoms. The van der Waals surface area contributed by atoms with Gasteiger partial charge in [0.05, 0.1) is 23.7 Å². The van der Waals surface area contributed by atoms with E-state index in [9.17, 15) is 18.8 Å². The minimum Gasteiger partial charge on any atom is -0.443 e. The number of carbonyl (C=O) groups is 3. The van der Waals surface area contributed by atoms with Gasteiger partial charge in [0.2, 0.25) is 11.8 Å². The number of nitrogens with one attached hydrogen (secondary N) is 2. The lowest BCUT2D eigenvalue weighted by Gasteiger charge is -2.25. The average molecular weight is 497 g/mol. The fraction of sp³-hybridized carbons (Fsp3) is 0.400. The molecule has 6 rings (SSSR count). The third-order valence-corrected chi connectivity index (χ3v) is 8.13. The molecule has 4 aliphatic heterocycles. The minimum atomic E-state index is -0.418. The zero-order valence-electron chi connectivity index (χ0n) is 19.0. The van der Waals surface area contributed by atoms with Gasteiger partial charge in [0.15, 0.2) is 0 Å². The number of benzene rings is 2. The Morgan fingerprint density at radius 3 is 2.89 bits per heavy atom. The van der Waals surface area contributed by atoms with E-state index in [0.717, 1.165) is 16.1 Å². The van der Waals surface area contributed by atoms with Crippen molar-refractivity contribution >= 4 is 46.7 Å². The lowest BCUT2D eigenvalue weighted by Crippen LogP contribution is -2.34. The molecule has 0 unspecified atom stereocenters. The van der Waals surface area contributed by atoms with Gasteiger partial charge in [0.1, 0.15) is 11.9 Å². The van der Waals surface area contributed by atoms with E-state index >= 15 is 0 Å². The van der Waals surface area contributed by atoms with E-state index in [2.05, 4.69) is 10.6 Å². The largest absolute Gasteiger partial charge is 0.443 e. The Hall–Kier alpha value is -3.11. The molecule has 1 saturated heterocycles. The molecule has 2 aromatic rings.